The Morgan fingerprint density at radius 3 is 1.61 bits per heavy atom. The van der Waals surface area contributed by atoms with Gasteiger partial charge in [0.05, 0.1) is 16.7 Å². The normalized spacial score (nSPS) is 11.6. The highest BCUT2D eigenvalue weighted by Crippen LogP contribution is 2.44. The number of fused-ring (bicyclic) bond motifs is 6. The monoisotopic (exact) mass is 716 g/mol. The van der Waals surface area contributed by atoms with Crippen LogP contribution in [0.3, 0.4) is 0 Å². The molecule has 0 radical (unpaired) electrons. The van der Waals surface area contributed by atoms with Crippen molar-refractivity contribution in [1.29, 1.82) is 0 Å². The molecular formula is C51H32N4O. The lowest BCUT2D eigenvalue weighted by Gasteiger charge is -2.19. The Hall–Kier alpha value is -7.63. The van der Waals surface area contributed by atoms with Crippen molar-refractivity contribution in [2.75, 3.05) is 0 Å². The lowest BCUT2D eigenvalue weighted by atomic mass is 9.97. The molecule has 0 atom stereocenters. The molecule has 0 unspecified atom stereocenters. The highest BCUT2D eigenvalue weighted by atomic mass is 16.3. The maximum absolute atomic E-state index is 6.23. The number of rotatable bonds is 6. The quantitative estimate of drug-likeness (QED) is 0.172. The van der Waals surface area contributed by atoms with Gasteiger partial charge in [-0.25, -0.2) is 15.0 Å². The molecule has 3 heterocycles. The lowest BCUT2D eigenvalue weighted by Crippen LogP contribution is -2.05. The van der Waals surface area contributed by atoms with Gasteiger partial charge in [0.15, 0.2) is 17.5 Å². The molecule has 262 valence electrons. The number of para-hydroxylation sites is 3. The lowest BCUT2D eigenvalue weighted by molar-refractivity contribution is 0.669. The maximum atomic E-state index is 6.23. The largest absolute Gasteiger partial charge is 0.456 e. The van der Waals surface area contributed by atoms with Crippen molar-refractivity contribution in [2.24, 2.45) is 0 Å². The summed E-state index contributed by atoms with van der Waals surface area (Å²) < 4.78 is 8.63. The third-order valence-corrected chi connectivity index (χ3v) is 10.7. The van der Waals surface area contributed by atoms with Crippen LogP contribution in [0.15, 0.2) is 199 Å². The summed E-state index contributed by atoms with van der Waals surface area (Å²) in [6, 6.07) is 67.5. The summed E-state index contributed by atoms with van der Waals surface area (Å²) in [4.78, 5) is 15.5. The average Bonchev–Trinajstić information content (AvgIpc) is 3.82. The summed E-state index contributed by atoms with van der Waals surface area (Å²) in [6.07, 6.45) is 0. The zero-order valence-corrected chi connectivity index (χ0v) is 30.2. The van der Waals surface area contributed by atoms with E-state index in [1.807, 2.05) is 72.8 Å². The second-order valence-electron chi connectivity index (χ2n) is 14.0. The fourth-order valence-electron chi connectivity index (χ4n) is 8.14. The summed E-state index contributed by atoms with van der Waals surface area (Å²) in [5, 5.41) is 4.56. The van der Waals surface area contributed by atoms with Crippen LogP contribution >= 0.6 is 0 Å². The molecule has 56 heavy (non-hydrogen) atoms. The van der Waals surface area contributed by atoms with Crippen LogP contribution in [-0.2, 0) is 0 Å². The molecule has 0 saturated heterocycles. The number of hydrogen-bond donors (Lipinski definition) is 0. The van der Waals surface area contributed by atoms with E-state index < -0.39 is 0 Å². The molecule has 0 aliphatic rings. The van der Waals surface area contributed by atoms with Crippen LogP contribution in [0.5, 0.6) is 0 Å². The standard InChI is InChI=1S/C51H32N4O/c1-4-16-33(17-5-1)38-25-14-26-41(51-53-49(34-18-6-2-7-19-34)52-50(54-51)35-20-8-3-9-21-35)48(38)55-43-27-12-10-23-40(43)47-37(24-15-28-44(47)55)36-30-31-46-42(32-36)39-22-11-13-29-45(39)56-46/h1-32H. The fraction of sp³-hybridized carbons (Fsp3) is 0. The SMILES string of the molecule is c1ccc(-c2nc(-c3ccccc3)nc(-c3cccc(-c4ccccc4)c3-n3c4ccccc4c4c(-c5ccc6oc7ccccc7c6c5)cccc43)n2)cc1. The molecular weight excluding hydrogens is 685 g/mol. The number of furan rings is 1. The first-order chi connectivity index (χ1) is 27.8. The minimum absolute atomic E-state index is 0.602. The van der Waals surface area contributed by atoms with Crippen molar-refractivity contribution in [3.8, 4) is 62.1 Å². The molecule has 11 aromatic rings. The summed E-state index contributed by atoms with van der Waals surface area (Å²) >= 11 is 0. The zero-order valence-electron chi connectivity index (χ0n) is 30.2. The Morgan fingerprint density at radius 1 is 0.339 bits per heavy atom. The van der Waals surface area contributed by atoms with Gasteiger partial charge in [-0.05, 0) is 53.1 Å². The second kappa shape index (κ2) is 13.0. The molecule has 0 amide bonds. The summed E-state index contributed by atoms with van der Waals surface area (Å²) in [7, 11) is 0. The van der Waals surface area contributed by atoms with Crippen LogP contribution in [0.25, 0.3) is 106 Å². The van der Waals surface area contributed by atoms with Crippen molar-refractivity contribution >= 4 is 43.7 Å². The van der Waals surface area contributed by atoms with Crippen LogP contribution in [-0.4, -0.2) is 19.5 Å². The molecule has 5 heteroatoms. The number of aromatic nitrogens is 4. The molecule has 3 aromatic heterocycles. The van der Waals surface area contributed by atoms with Crippen molar-refractivity contribution in [3.05, 3.63) is 194 Å². The number of nitrogens with zero attached hydrogens (tertiary/aromatic N) is 4. The first-order valence-corrected chi connectivity index (χ1v) is 18.8. The van der Waals surface area contributed by atoms with E-state index in [0.29, 0.717) is 17.5 Å². The van der Waals surface area contributed by atoms with Crippen LogP contribution in [0, 0.1) is 0 Å². The van der Waals surface area contributed by atoms with Gasteiger partial charge < -0.3 is 8.98 Å². The van der Waals surface area contributed by atoms with Crippen molar-refractivity contribution < 1.29 is 4.42 Å². The van der Waals surface area contributed by atoms with Crippen LogP contribution < -0.4 is 0 Å². The minimum Gasteiger partial charge on any atom is -0.456 e. The van der Waals surface area contributed by atoms with Crippen molar-refractivity contribution in [3.63, 3.8) is 0 Å². The van der Waals surface area contributed by atoms with Gasteiger partial charge in [-0.1, -0.05) is 158 Å². The van der Waals surface area contributed by atoms with E-state index in [4.69, 9.17) is 19.4 Å². The van der Waals surface area contributed by atoms with Crippen molar-refractivity contribution in [2.45, 2.75) is 0 Å². The summed E-state index contributed by atoms with van der Waals surface area (Å²) in [5.41, 5.74) is 12.2. The Morgan fingerprint density at radius 2 is 0.875 bits per heavy atom. The predicted molar refractivity (Wildman–Crippen MR) is 229 cm³/mol. The predicted octanol–water partition coefficient (Wildman–Crippen LogP) is 13.2. The number of hydrogen-bond acceptors (Lipinski definition) is 4. The smallest absolute Gasteiger partial charge is 0.166 e. The van der Waals surface area contributed by atoms with E-state index >= 15 is 0 Å². The van der Waals surface area contributed by atoms with E-state index in [0.717, 1.165) is 83.0 Å². The molecule has 0 saturated carbocycles. The molecule has 5 nitrogen and oxygen atoms in total. The summed E-state index contributed by atoms with van der Waals surface area (Å²) in [5.74, 6) is 1.85. The Bertz CT molecular complexity index is 3180. The fourth-order valence-corrected chi connectivity index (χ4v) is 8.14. The molecule has 0 aliphatic carbocycles. The summed E-state index contributed by atoms with van der Waals surface area (Å²) in [6.45, 7) is 0. The van der Waals surface area contributed by atoms with E-state index in [2.05, 4.69) is 126 Å². The van der Waals surface area contributed by atoms with Crippen LogP contribution in [0.4, 0.5) is 0 Å². The Kier molecular flexibility index (Phi) is 7.42. The third-order valence-electron chi connectivity index (χ3n) is 10.7. The van der Waals surface area contributed by atoms with Gasteiger partial charge in [0.25, 0.3) is 0 Å². The van der Waals surface area contributed by atoms with E-state index in [-0.39, 0.29) is 0 Å². The molecule has 0 bridgehead atoms. The average molecular weight is 717 g/mol. The van der Waals surface area contributed by atoms with E-state index in [1.54, 1.807) is 0 Å². The van der Waals surface area contributed by atoms with E-state index in [9.17, 15) is 0 Å². The number of benzene rings is 8. The van der Waals surface area contributed by atoms with Gasteiger partial charge in [-0.3, -0.25) is 0 Å². The van der Waals surface area contributed by atoms with Gasteiger partial charge in [0, 0.05) is 43.8 Å². The van der Waals surface area contributed by atoms with Gasteiger partial charge in [-0.15, -0.1) is 0 Å². The Balaban J connectivity index is 1.22. The molecule has 0 spiro atoms. The van der Waals surface area contributed by atoms with Gasteiger partial charge in [-0.2, -0.15) is 0 Å². The van der Waals surface area contributed by atoms with Crippen LogP contribution in [0.2, 0.25) is 0 Å². The highest BCUT2D eigenvalue weighted by Gasteiger charge is 2.24. The van der Waals surface area contributed by atoms with Gasteiger partial charge >= 0.3 is 0 Å². The molecule has 11 rings (SSSR count). The first kappa shape index (κ1) is 31.9. The third kappa shape index (κ3) is 5.21. The molecule has 0 fully saturated rings. The van der Waals surface area contributed by atoms with Gasteiger partial charge in [0.2, 0.25) is 0 Å². The second-order valence-corrected chi connectivity index (χ2v) is 14.0. The molecule has 0 N–H and O–H groups in total. The van der Waals surface area contributed by atoms with E-state index in [1.165, 1.54) is 5.39 Å². The highest BCUT2D eigenvalue weighted by molar-refractivity contribution is 6.17. The van der Waals surface area contributed by atoms with Crippen LogP contribution in [0.1, 0.15) is 0 Å². The molecule has 8 aromatic carbocycles. The first-order valence-electron chi connectivity index (χ1n) is 18.8. The zero-order chi connectivity index (χ0) is 37.0. The van der Waals surface area contributed by atoms with Gasteiger partial charge in [0.1, 0.15) is 11.2 Å². The van der Waals surface area contributed by atoms with Crippen molar-refractivity contribution in [1.82, 2.24) is 19.5 Å². The minimum atomic E-state index is 0.602. The maximum Gasteiger partial charge on any atom is 0.166 e. The topological polar surface area (TPSA) is 56.7 Å². The Labute approximate surface area is 322 Å². The molecule has 0 aliphatic heterocycles.